The molecule has 2 aliphatic rings. The summed E-state index contributed by atoms with van der Waals surface area (Å²) >= 11 is 0. The van der Waals surface area contributed by atoms with Gasteiger partial charge in [0.25, 0.3) is 5.91 Å². The van der Waals surface area contributed by atoms with Crippen LogP contribution in [-0.4, -0.2) is 70.0 Å². The second-order valence-electron chi connectivity index (χ2n) is 10.5. The maximum atomic E-state index is 13.2. The number of hydrogen-bond donors (Lipinski definition) is 2. The highest BCUT2D eigenvalue weighted by molar-refractivity contribution is 7.89. The van der Waals surface area contributed by atoms with Gasteiger partial charge in [-0.1, -0.05) is 49.6 Å². The molecule has 0 spiro atoms. The molecule has 1 aliphatic carbocycles. The summed E-state index contributed by atoms with van der Waals surface area (Å²) in [6, 6.07) is 16.1. The largest absolute Gasteiger partial charge is 0.497 e. The highest BCUT2D eigenvalue weighted by Gasteiger charge is 2.33. The standard InChI is InChI=1S/C31H42N2O7S/c1-38-27-12-14-28(15-13-27)41(36,37)33(18-20-34)19-21-39-30-23-26(25-10-6-3-7-11-25)22-29(40-30)31(35)32-17-16-24-8-4-2-5-9-24/h2,4-5,8-9,12-15,22,25-26,30,34H,3,6-7,10-11,16-21,23H2,1H3,(H,32,35)/t26-,30+/m1/s1. The molecule has 1 aliphatic heterocycles. The van der Waals surface area contributed by atoms with Crippen molar-refractivity contribution in [1.29, 1.82) is 0 Å². The number of aliphatic hydroxyl groups is 1. The quantitative estimate of drug-likeness (QED) is 0.345. The molecule has 224 valence electrons. The van der Waals surface area contributed by atoms with E-state index in [1.54, 1.807) is 12.1 Å². The Balaban J connectivity index is 1.38. The van der Waals surface area contributed by atoms with Crippen LogP contribution in [-0.2, 0) is 30.7 Å². The molecule has 0 bridgehead atoms. The van der Waals surface area contributed by atoms with Crippen LogP contribution < -0.4 is 10.1 Å². The average molecular weight is 587 g/mol. The first-order chi connectivity index (χ1) is 19.9. The Morgan fingerprint density at radius 1 is 1.05 bits per heavy atom. The minimum atomic E-state index is -3.86. The molecule has 1 heterocycles. The fourth-order valence-corrected chi connectivity index (χ4v) is 6.95. The lowest BCUT2D eigenvalue weighted by atomic mass is 9.77. The van der Waals surface area contributed by atoms with E-state index in [4.69, 9.17) is 14.2 Å². The fourth-order valence-electron chi connectivity index (χ4n) is 5.53. The number of carbonyl (C=O) groups is 1. The van der Waals surface area contributed by atoms with E-state index in [9.17, 15) is 18.3 Å². The molecule has 2 N–H and O–H groups in total. The molecule has 0 unspecified atom stereocenters. The van der Waals surface area contributed by atoms with E-state index in [0.29, 0.717) is 24.6 Å². The molecule has 9 nitrogen and oxygen atoms in total. The number of sulfonamides is 1. The van der Waals surface area contributed by atoms with E-state index in [1.165, 1.54) is 42.8 Å². The first-order valence-corrected chi connectivity index (χ1v) is 15.9. The van der Waals surface area contributed by atoms with Crippen LogP contribution in [0.15, 0.2) is 71.3 Å². The Morgan fingerprint density at radius 3 is 2.46 bits per heavy atom. The third-order valence-electron chi connectivity index (χ3n) is 7.80. The minimum absolute atomic E-state index is 0.0329. The van der Waals surface area contributed by atoms with Gasteiger partial charge in [0.2, 0.25) is 16.3 Å². The van der Waals surface area contributed by atoms with Gasteiger partial charge < -0.3 is 24.6 Å². The van der Waals surface area contributed by atoms with Crippen LogP contribution in [0.5, 0.6) is 5.75 Å². The molecule has 2 atom stereocenters. The summed E-state index contributed by atoms with van der Waals surface area (Å²) < 4.78 is 44.8. The zero-order valence-electron chi connectivity index (χ0n) is 23.7. The summed E-state index contributed by atoms with van der Waals surface area (Å²) in [7, 11) is -2.34. The Kier molecular flexibility index (Phi) is 11.6. The van der Waals surface area contributed by atoms with Gasteiger partial charge in [0.15, 0.2) is 5.76 Å². The molecule has 0 saturated heterocycles. The molecule has 1 fully saturated rings. The number of hydrogen-bond acceptors (Lipinski definition) is 7. The topological polar surface area (TPSA) is 114 Å². The second-order valence-corrected chi connectivity index (χ2v) is 12.5. The van der Waals surface area contributed by atoms with Crippen LogP contribution in [0.2, 0.25) is 0 Å². The van der Waals surface area contributed by atoms with Crippen molar-refractivity contribution < 1.29 is 32.5 Å². The van der Waals surface area contributed by atoms with Crippen molar-refractivity contribution in [1.82, 2.24) is 9.62 Å². The van der Waals surface area contributed by atoms with E-state index in [0.717, 1.165) is 24.8 Å². The molecule has 2 aromatic rings. The lowest BCUT2D eigenvalue weighted by Gasteiger charge is -2.35. The number of benzene rings is 2. The monoisotopic (exact) mass is 586 g/mol. The van der Waals surface area contributed by atoms with Crippen molar-refractivity contribution in [3.05, 3.63) is 72.0 Å². The predicted molar refractivity (Wildman–Crippen MR) is 156 cm³/mol. The van der Waals surface area contributed by atoms with Crippen molar-refractivity contribution in [2.45, 2.75) is 56.1 Å². The van der Waals surface area contributed by atoms with Gasteiger partial charge in [0.05, 0.1) is 25.2 Å². The third-order valence-corrected chi connectivity index (χ3v) is 9.71. The van der Waals surface area contributed by atoms with Gasteiger partial charge in [-0.05, 0) is 67.0 Å². The fraction of sp³-hybridized carbons (Fsp3) is 0.516. The summed E-state index contributed by atoms with van der Waals surface area (Å²) in [6.45, 7) is 0.187. The van der Waals surface area contributed by atoms with Crippen molar-refractivity contribution in [3.63, 3.8) is 0 Å². The van der Waals surface area contributed by atoms with Gasteiger partial charge in [-0.25, -0.2) is 8.42 Å². The lowest BCUT2D eigenvalue weighted by molar-refractivity contribution is -0.151. The maximum Gasteiger partial charge on any atom is 0.286 e. The van der Waals surface area contributed by atoms with E-state index in [-0.39, 0.29) is 48.8 Å². The number of nitrogens with zero attached hydrogens (tertiary/aromatic N) is 1. The number of nitrogens with one attached hydrogen (secondary N) is 1. The van der Waals surface area contributed by atoms with Crippen LogP contribution in [0.4, 0.5) is 0 Å². The van der Waals surface area contributed by atoms with Crippen LogP contribution in [0.3, 0.4) is 0 Å². The SMILES string of the molecule is COc1ccc(S(=O)(=O)N(CCO)CCO[C@@H]2C[C@H](C3CCCCC3)C=C(C(=O)NCCc3ccccc3)O2)cc1. The number of ether oxygens (including phenoxy) is 3. The maximum absolute atomic E-state index is 13.2. The van der Waals surface area contributed by atoms with Crippen molar-refractivity contribution in [2.75, 3.05) is 40.0 Å². The number of amides is 1. The molecular formula is C31H42N2O7S. The average Bonchev–Trinajstić information content (AvgIpc) is 3.01. The molecule has 41 heavy (non-hydrogen) atoms. The second kappa shape index (κ2) is 15.3. The summed E-state index contributed by atoms with van der Waals surface area (Å²) in [6.07, 6.45) is 8.44. The number of carbonyl (C=O) groups excluding carboxylic acids is 1. The van der Waals surface area contributed by atoms with Crippen LogP contribution in [0.1, 0.15) is 44.1 Å². The summed E-state index contributed by atoms with van der Waals surface area (Å²) in [4.78, 5) is 13.2. The van der Waals surface area contributed by atoms with Gasteiger partial charge in [-0.3, -0.25) is 4.79 Å². The number of allylic oxidation sites excluding steroid dienone is 1. The van der Waals surface area contributed by atoms with E-state index in [1.807, 2.05) is 36.4 Å². The molecule has 2 aromatic carbocycles. The van der Waals surface area contributed by atoms with Crippen LogP contribution in [0.25, 0.3) is 0 Å². The first kappa shape index (κ1) is 31.0. The molecule has 4 rings (SSSR count). The van der Waals surface area contributed by atoms with Crippen molar-refractivity contribution in [3.8, 4) is 5.75 Å². The Morgan fingerprint density at radius 2 is 1.78 bits per heavy atom. The van der Waals surface area contributed by atoms with E-state index in [2.05, 4.69) is 5.32 Å². The third kappa shape index (κ3) is 8.78. The van der Waals surface area contributed by atoms with Gasteiger partial charge in [-0.2, -0.15) is 4.31 Å². The van der Waals surface area contributed by atoms with Crippen LogP contribution in [0, 0.1) is 11.8 Å². The number of aliphatic hydroxyl groups excluding tert-OH is 1. The minimum Gasteiger partial charge on any atom is -0.497 e. The molecule has 1 amide bonds. The number of rotatable bonds is 14. The van der Waals surface area contributed by atoms with Gasteiger partial charge in [0.1, 0.15) is 5.75 Å². The summed E-state index contributed by atoms with van der Waals surface area (Å²) in [5.74, 6) is 1.17. The first-order valence-electron chi connectivity index (χ1n) is 14.5. The Bertz CT molecular complexity index is 1230. The zero-order valence-corrected chi connectivity index (χ0v) is 24.6. The highest BCUT2D eigenvalue weighted by atomic mass is 32.2. The molecule has 1 saturated carbocycles. The van der Waals surface area contributed by atoms with Gasteiger partial charge >= 0.3 is 0 Å². The van der Waals surface area contributed by atoms with E-state index >= 15 is 0 Å². The summed E-state index contributed by atoms with van der Waals surface area (Å²) in [5, 5.41) is 12.5. The van der Waals surface area contributed by atoms with Crippen molar-refractivity contribution in [2.24, 2.45) is 11.8 Å². The number of methoxy groups -OCH3 is 1. The van der Waals surface area contributed by atoms with Crippen LogP contribution >= 0.6 is 0 Å². The smallest absolute Gasteiger partial charge is 0.286 e. The molecular weight excluding hydrogens is 544 g/mol. The van der Waals surface area contributed by atoms with E-state index < -0.39 is 16.3 Å². The van der Waals surface area contributed by atoms with Gasteiger partial charge in [0, 0.05) is 26.1 Å². The Hall–Kier alpha value is -2.92. The normalized spacial score (nSPS) is 19.8. The zero-order chi connectivity index (χ0) is 29.1. The molecule has 0 aromatic heterocycles. The Labute approximate surface area is 243 Å². The van der Waals surface area contributed by atoms with Gasteiger partial charge in [-0.15, -0.1) is 0 Å². The van der Waals surface area contributed by atoms with Crippen molar-refractivity contribution >= 4 is 15.9 Å². The lowest BCUT2D eigenvalue weighted by Crippen LogP contribution is -2.39. The molecule has 0 radical (unpaired) electrons. The highest BCUT2D eigenvalue weighted by Crippen LogP contribution is 2.37. The molecule has 10 heteroatoms. The predicted octanol–water partition coefficient (Wildman–Crippen LogP) is 3.88. The summed E-state index contributed by atoms with van der Waals surface area (Å²) in [5.41, 5.74) is 1.14.